The third-order valence-electron chi connectivity index (χ3n) is 3.37. The maximum absolute atomic E-state index is 8.63. The largest absolute Gasteiger partial charge is 0.376 e. The van der Waals surface area contributed by atoms with E-state index < -0.39 is 0 Å². The second-order valence-corrected chi connectivity index (χ2v) is 4.46. The quantitative estimate of drug-likeness (QED) is 0.756. The minimum absolute atomic E-state index is 0.584. The Kier molecular flexibility index (Phi) is 3.96. The van der Waals surface area contributed by atoms with Crippen molar-refractivity contribution in [2.45, 2.75) is 25.9 Å². The molecule has 0 saturated heterocycles. The fraction of sp³-hybridized carbons (Fsp3) is 0.500. The minimum Gasteiger partial charge on any atom is -0.376 e. The summed E-state index contributed by atoms with van der Waals surface area (Å²) in [7, 11) is 0. The second kappa shape index (κ2) is 5.67. The number of benzene rings is 1. The topological polar surface area (TPSA) is 33.0 Å². The highest BCUT2D eigenvalue weighted by Gasteiger charge is 2.30. The molecule has 0 bridgehead atoms. The zero-order valence-electron chi connectivity index (χ0n) is 9.43. The van der Waals surface area contributed by atoms with Gasteiger partial charge < -0.3 is 4.74 Å². The molecule has 2 atom stereocenters. The van der Waals surface area contributed by atoms with E-state index in [0.29, 0.717) is 24.9 Å². The summed E-state index contributed by atoms with van der Waals surface area (Å²) in [6, 6.07) is 12.5. The minimum atomic E-state index is 0.584. The Morgan fingerprint density at radius 3 is 2.56 bits per heavy atom. The lowest BCUT2D eigenvalue weighted by Crippen LogP contribution is -2.29. The normalized spacial score (nSPS) is 23.4. The SMILES string of the molecule is N#CCC1CCC1COCc1ccccc1. The predicted octanol–water partition coefficient (Wildman–Crippen LogP) is 3.14. The van der Waals surface area contributed by atoms with Crippen molar-refractivity contribution in [3.8, 4) is 6.07 Å². The van der Waals surface area contributed by atoms with Gasteiger partial charge >= 0.3 is 0 Å². The zero-order chi connectivity index (χ0) is 11.2. The Labute approximate surface area is 96.9 Å². The number of rotatable bonds is 5. The molecule has 0 heterocycles. The summed E-state index contributed by atoms with van der Waals surface area (Å²) in [5, 5.41) is 8.63. The Morgan fingerprint density at radius 1 is 1.19 bits per heavy atom. The van der Waals surface area contributed by atoms with E-state index in [9.17, 15) is 0 Å². The van der Waals surface area contributed by atoms with E-state index >= 15 is 0 Å². The van der Waals surface area contributed by atoms with Gasteiger partial charge in [0.15, 0.2) is 0 Å². The second-order valence-electron chi connectivity index (χ2n) is 4.46. The van der Waals surface area contributed by atoms with Crippen LogP contribution in [0.2, 0.25) is 0 Å². The Bertz CT molecular complexity index is 355. The molecule has 0 amide bonds. The van der Waals surface area contributed by atoms with Gasteiger partial charge in [-0.05, 0) is 30.2 Å². The van der Waals surface area contributed by atoms with Crippen LogP contribution in [-0.2, 0) is 11.3 Å². The van der Waals surface area contributed by atoms with E-state index in [1.165, 1.54) is 18.4 Å². The van der Waals surface area contributed by atoms with Crippen LogP contribution in [0.1, 0.15) is 24.8 Å². The lowest BCUT2D eigenvalue weighted by atomic mass is 9.73. The molecule has 0 spiro atoms. The molecule has 16 heavy (non-hydrogen) atoms. The molecule has 1 aliphatic carbocycles. The highest BCUT2D eigenvalue weighted by molar-refractivity contribution is 5.13. The van der Waals surface area contributed by atoms with Crippen LogP contribution < -0.4 is 0 Å². The average Bonchev–Trinajstić information content (AvgIpc) is 2.31. The van der Waals surface area contributed by atoms with E-state index in [-0.39, 0.29) is 0 Å². The van der Waals surface area contributed by atoms with Crippen molar-refractivity contribution in [3.63, 3.8) is 0 Å². The van der Waals surface area contributed by atoms with E-state index in [0.717, 1.165) is 6.61 Å². The molecule has 0 aliphatic heterocycles. The molecule has 1 saturated carbocycles. The van der Waals surface area contributed by atoms with E-state index in [2.05, 4.69) is 18.2 Å². The van der Waals surface area contributed by atoms with Crippen molar-refractivity contribution in [2.24, 2.45) is 11.8 Å². The molecule has 1 aromatic rings. The van der Waals surface area contributed by atoms with Gasteiger partial charge in [-0.15, -0.1) is 0 Å². The molecule has 2 rings (SSSR count). The van der Waals surface area contributed by atoms with Gasteiger partial charge in [-0.25, -0.2) is 0 Å². The number of hydrogen-bond donors (Lipinski definition) is 0. The van der Waals surface area contributed by atoms with E-state index in [1.54, 1.807) is 0 Å². The maximum atomic E-state index is 8.63. The first-order valence-electron chi connectivity index (χ1n) is 5.89. The molecule has 0 aromatic heterocycles. The molecule has 2 unspecified atom stereocenters. The van der Waals surface area contributed by atoms with E-state index in [1.807, 2.05) is 18.2 Å². The summed E-state index contributed by atoms with van der Waals surface area (Å²) >= 11 is 0. The predicted molar refractivity (Wildman–Crippen MR) is 62.5 cm³/mol. The number of nitrogens with zero attached hydrogens (tertiary/aromatic N) is 1. The lowest BCUT2D eigenvalue weighted by molar-refractivity contribution is 0.0250. The van der Waals surface area contributed by atoms with Crippen molar-refractivity contribution in [1.82, 2.24) is 0 Å². The smallest absolute Gasteiger partial charge is 0.0717 e. The number of ether oxygens (including phenoxy) is 1. The third kappa shape index (κ3) is 2.84. The molecule has 2 heteroatoms. The van der Waals surface area contributed by atoms with Gasteiger partial charge in [0, 0.05) is 6.42 Å². The summed E-state index contributed by atoms with van der Waals surface area (Å²) in [5.74, 6) is 1.20. The van der Waals surface area contributed by atoms with Crippen LogP contribution in [0.3, 0.4) is 0 Å². The van der Waals surface area contributed by atoms with Crippen molar-refractivity contribution < 1.29 is 4.74 Å². The Balaban J connectivity index is 1.67. The van der Waals surface area contributed by atoms with Gasteiger partial charge in [-0.1, -0.05) is 30.3 Å². The fourth-order valence-electron chi connectivity index (χ4n) is 2.15. The molecule has 2 nitrogen and oxygen atoms in total. The summed E-state index contributed by atoms with van der Waals surface area (Å²) in [4.78, 5) is 0. The number of nitriles is 1. The van der Waals surface area contributed by atoms with E-state index in [4.69, 9.17) is 10.00 Å². The summed E-state index contributed by atoms with van der Waals surface area (Å²) in [6.45, 7) is 1.50. The first-order valence-corrected chi connectivity index (χ1v) is 5.89. The van der Waals surface area contributed by atoms with Gasteiger partial charge in [0.05, 0.1) is 19.3 Å². The van der Waals surface area contributed by atoms with Crippen LogP contribution >= 0.6 is 0 Å². The molecular weight excluding hydrogens is 198 g/mol. The van der Waals surface area contributed by atoms with Crippen LogP contribution in [0, 0.1) is 23.2 Å². The van der Waals surface area contributed by atoms with Crippen LogP contribution in [0.4, 0.5) is 0 Å². The molecule has 84 valence electrons. The fourth-order valence-corrected chi connectivity index (χ4v) is 2.15. The summed E-state index contributed by atoms with van der Waals surface area (Å²) in [6.07, 6.45) is 3.12. The van der Waals surface area contributed by atoms with Crippen molar-refractivity contribution in [1.29, 1.82) is 5.26 Å². The van der Waals surface area contributed by atoms with Crippen LogP contribution in [-0.4, -0.2) is 6.61 Å². The monoisotopic (exact) mass is 215 g/mol. The van der Waals surface area contributed by atoms with Gasteiger partial charge in [-0.3, -0.25) is 0 Å². The summed E-state index contributed by atoms with van der Waals surface area (Å²) < 4.78 is 5.69. The molecule has 0 radical (unpaired) electrons. The highest BCUT2D eigenvalue weighted by atomic mass is 16.5. The zero-order valence-corrected chi connectivity index (χ0v) is 9.43. The van der Waals surface area contributed by atoms with Crippen LogP contribution in [0.5, 0.6) is 0 Å². The Morgan fingerprint density at radius 2 is 1.94 bits per heavy atom. The number of hydrogen-bond acceptors (Lipinski definition) is 2. The first kappa shape index (κ1) is 11.2. The van der Waals surface area contributed by atoms with Gasteiger partial charge in [-0.2, -0.15) is 5.26 Å². The maximum Gasteiger partial charge on any atom is 0.0717 e. The molecule has 0 N–H and O–H groups in total. The van der Waals surface area contributed by atoms with Crippen molar-refractivity contribution in [3.05, 3.63) is 35.9 Å². The van der Waals surface area contributed by atoms with Crippen LogP contribution in [0.15, 0.2) is 30.3 Å². The molecular formula is C14H17NO. The van der Waals surface area contributed by atoms with Crippen molar-refractivity contribution >= 4 is 0 Å². The van der Waals surface area contributed by atoms with Crippen molar-refractivity contribution in [2.75, 3.05) is 6.61 Å². The Hall–Kier alpha value is -1.33. The highest BCUT2D eigenvalue weighted by Crippen LogP contribution is 2.36. The lowest BCUT2D eigenvalue weighted by Gasteiger charge is -2.34. The average molecular weight is 215 g/mol. The third-order valence-corrected chi connectivity index (χ3v) is 3.37. The summed E-state index contributed by atoms with van der Waals surface area (Å²) in [5.41, 5.74) is 1.22. The molecule has 1 aliphatic rings. The first-order chi connectivity index (χ1) is 7.90. The molecule has 1 aromatic carbocycles. The van der Waals surface area contributed by atoms with Gasteiger partial charge in [0.2, 0.25) is 0 Å². The van der Waals surface area contributed by atoms with Crippen LogP contribution in [0.25, 0.3) is 0 Å². The standard InChI is InChI=1S/C14H17NO/c15-9-8-13-6-7-14(13)11-16-10-12-4-2-1-3-5-12/h1-5,13-14H,6-8,10-11H2. The van der Waals surface area contributed by atoms with Gasteiger partial charge in [0.1, 0.15) is 0 Å². The molecule has 1 fully saturated rings. The van der Waals surface area contributed by atoms with Gasteiger partial charge in [0.25, 0.3) is 0 Å².